The Balaban J connectivity index is 2.14. The lowest BCUT2D eigenvalue weighted by Gasteiger charge is -2.19. The number of hydrogen-bond acceptors (Lipinski definition) is 3. The van der Waals surface area contributed by atoms with Crippen LogP contribution in [0.15, 0.2) is 18.2 Å². The van der Waals surface area contributed by atoms with Gasteiger partial charge in [-0.2, -0.15) is 0 Å². The lowest BCUT2D eigenvalue weighted by atomic mass is 10.1. The number of aryl methyl sites for hydroxylation is 1. The van der Waals surface area contributed by atoms with Crippen LogP contribution in [0.5, 0.6) is 0 Å². The molecule has 5 nitrogen and oxygen atoms in total. The summed E-state index contributed by atoms with van der Waals surface area (Å²) >= 11 is 5.51. The average molecular weight is 331 g/mol. The van der Waals surface area contributed by atoms with E-state index in [1.54, 1.807) is 23.1 Å². The second kappa shape index (κ2) is 6.66. The molecule has 0 saturated carbocycles. The molecular formula is C14H19ClN2O3S. The van der Waals surface area contributed by atoms with Crippen molar-refractivity contribution < 1.29 is 13.2 Å². The van der Waals surface area contributed by atoms with Gasteiger partial charge >= 0.3 is 0 Å². The minimum absolute atomic E-state index is 0.00189. The van der Waals surface area contributed by atoms with Gasteiger partial charge in [0.15, 0.2) is 0 Å². The highest BCUT2D eigenvalue weighted by Crippen LogP contribution is 2.27. The van der Waals surface area contributed by atoms with E-state index in [0.29, 0.717) is 24.4 Å². The van der Waals surface area contributed by atoms with Gasteiger partial charge < -0.3 is 4.90 Å². The summed E-state index contributed by atoms with van der Waals surface area (Å²) in [5.74, 6) is 0.436. The molecule has 116 valence electrons. The fraction of sp³-hybridized carbons (Fsp3) is 0.500. The summed E-state index contributed by atoms with van der Waals surface area (Å²) in [6.07, 6.45) is 1.85. The Labute approximate surface area is 130 Å². The van der Waals surface area contributed by atoms with E-state index in [1.165, 1.54) is 0 Å². The molecule has 1 fully saturated rings. The van der Waals surface area contributed by atoms with Gasteiger partial charge in [0, 0.05) is 30.2 Å². The molecule has 0 bridgehead atoms. The summed E-state index contributed by atoms with van der Waals surface area (Å²) in [5.41, 5.74) is 2.24. The van der Waals surface area contributed by atoms with Crippen LogP contribution in [-0.2, 0) is 14.8 Å². The predicted molar refractivity (Wildman–Crippen MR) is 85.5 cm³/mol. The maximum Gasteiger partial charge on any atom is 0.232 e. The minimum Gasteiger partial charge on any atom is -0.312 e. The molecule has 1 amide bonds. The van der Waals surface area contributed by atoms with Gasteiger partial charge in [-0.1, -0.05) is 0 Å². The van der Waals surface area contributed by atoms with Crippen molar-refractivity contribution in [3.05, 3.63) is 23.8 Å². The quantitative estimate of drug-likeness (QED) is 0.815. The largest absolute Gasteiger partial charge is 0.312 e. The zero-order chi connectivity index (χ0) is 15.5. The SMILES string of the molecule is Cc1cc(NS(=O)(=O)CCCCl)ccc1N1CCCC1=O. The standard InChI is InChI=1S/C14H19ClN2O3S/c1-11-10-12(16-21(19,20)9-3-7-15)5-6-13(11)17-8-2-4-14(17)18/h5-6,10,16H,2-4,7-9H2,1H3. The summed E-state index contributed by atoms with van der Waals surface area (Å²) in [6.45, 7) is 2.60. The zero-order valence-corrected chi connectivity index (χ0v) is 13.5. The number of amides is 1. The van der Waals surface area contributed by atoms with E-state index in [-0.39, 0.29) is 11.7 Å². The van der Waals surface area contributed by atoms with Crippen molar-refractivity contribution >= 4 is 38.9 Å². The molecule has 1 aliphatic rings. The van der Waals surface area contributed by atoms with Crippen LogP contribution >= 0.6 is 11.6 Å². The molecule has 1 saturated heterocycles. The molecule has 21 heavy (non-hydrogen) atoms. The van der Waals surface area contributed by atoms with Crippen LogP contribution in [0.4, 0.5) is 11.4 Å². The molecule has 0 radical (unpaired) electrons. The highest BCUT2D eigenvalue weighted by atomic mass is 35.5. The third-order valence-corrected chi connectivity index (χ3v) is 5.02. The second-order valence-electron chi connectivity index (χ2n) is 5.11. The Morgan fingerprint density at radius 3 is 2.71 bits per heavy atom. The summed E-state index contributed by atoms with van der Waals surface area (Å²) in [7, 11) is -3.37. The number of halogens is 1. The Hall–Kier alpha value is -1.27. The van der Waals surface area contributed by atoms with Crippen molar-refractivity contribution in [2.75, 3.05) is 27.8 Å². The van der Waals surface area contributed by atoms with Gasteiger partial charge in [-0.05, 0) is 43.5 Å². The number of hydrogen-bond donors (Lipinski definition) is 1. The number of nitrogens with zero attached hydrogens (tertiary/aromatic N) is 1. The van der Waals surface area contributed by atoms with Crippen LogP contribution in [0.2, 0.25) is 0 Å². The first-order valence-electron chi connectivity index (χ1n) is 6.90. The molecule has 1 aromatic carbocycles. The number of nitrogens with one attached hydrogen (secondary N) is 1. The van der Waals surface area contributed by atoms with E-state index in [1.807, 2.05) is 6.92 Å². The number of alkyl halides is 1. The Bertz CT molecular complexity index is 631. The minimum atomic E-state index is -3.37. The molecule has 1 N–H and O–H groups in total. The van der Waals surface area contributed by atoms with Gasteiger partial charge in [0.1, 0.15) is 0 Å². The first-order chi connectivity index (χ1) is 9.93. The van der Waals surface area contributed by atoms with Crippen LogP contribution in [0.25, 0.3) is 0 Å². The molecule has 1 heterocycles. The van der Waals surface area contributed by atoms with Crippen molar-refractivity contribution in [2.45, 2.75) is 26.2 Å². The van der Waals surface area contributed by atoms with Crippen LogP contribution in [0, 0.1) is 6.92 Å². The molecule has 0 aromatic heterocycles. The summed E-state index contributed by atoms with van der Waals surface area (Å²) in [5, 5.41) is 0. The molecule has 1 aliphatic heterocycles. The van der Waals surface area contributed by atoms with E-state index >= 15 is 0 Å². The van der Waals surface area contributed by atoms with Crippen LogP contribution < -0.4 is 9.62 Å². The molecule has 7 heteroatoms. The van der Waals surface area contributed by atoms with Gasteiger partial charge in [0.25, 0.3) is 0 Å². The summed E-state index contributed by atoms with van der Waals surface area (Å²) in [4.78, 5) is 13.5. The normalized spacial score (nSPS) is 15.5. The second-order valence-corrected chi connectivity index (χ2v) is 7.33. The Morgan fingerprint density at radius 1 is 1.38 bits per heavy atom. The van der Waals surface area contributed by atoms with Gasteiger partial charge in [0.05, 0.1) is 5.75 Å². The third-order valence-electron chi connectivity index (χ3n) is 3.38. The molecular weight excluding hydrogens is 312 g/mol. The average Bonchev–Trinajstić information content (AvgIpc) is 2.82. The van der Waals surface area contributed by atoms with Gasteiger partial charge in [-0.15, -0.1) is 11.6 Å². The third kappa shape index (κ3) is 4.11. The van der Waals surface area contributed by atoms with Crippen molar-refractivity contribution in [1.29, 1.82) is 0 Å². The fourth-order valence-corrected chi connectivity index (χ4v) is 3.80. The first kappa shape index (κ1) is 16.1. The predicted octanol–water partition coefficient (Wildman–Crippen LogP) is 2.49. The maximum absolute atomic E-state index is 11.8. The lowest BCUT2D eigenvalue weighted by molar-refractivity contribution is -0.117. The smallest absolute Gasteiger partial charge is 0.232 e. The first-order valence-corrected chi connectivity index (χ1v) is 9.09. The highest BCUT2D eigenvalue weighted by molar-refractivity contribution is 7.92. The van der Waals surface area contributed by atoms with Crippen molar-refractivity contribution in [3.8, 4) is 0 Å². The van der Waals surface area contributed by atoms with Crippen molar-refractivity contribution in [1.82, 2.24) is 0 Å². The molecule has 0 unspecified atom stereocenters. The number of benzene rings is 1. The van der Waals surface area contributed by atoms with E-state index in [4.69, 9.17) is 11.6 Å². The van der Waals surface area contributed by atoms with Crippen LogP contribution in [0.1, 0.15) is 24.8 Å². The number of anilines is 2. The van der Waals surface area contributed by atoms with Gasteiger partial charge in [-0.25, -0.2) is 8.42 Å². The van der Waals surface area contributed by atoms with Crippen LogP contribution in [0.3, 0.4) is 0 Å². The maximum atomic E-state index is 11.8. The van der Waals surface area contributed by atoms with E-state index in [2.05, 4.69) is 4.72 Å². The van der Waals surface area contributed by atoms with Gasteiger partial charge in [-0.3, -0.25) is 9.52 Å². The monoisotopic (exact) mass is 330 g/mol. The number of carbonyl (C=O) groups excluding carboxylic acids is 1. The fourth-order valence-electron chi connectivity index (χ4n) is 2.40. The van der Waals surface area contributed by atoms with Crippen molar-refractivity contribution in [3.63, 3.8) is 0 Å². The molecule has 1 aromatic rings. The van der Waals surface area contributed by atoms with Crippen LogP contribution in [-0.4, -0.2) is 32.5 Å². The Morgan fingerprint density at radius 2 is 2.14 bits per heavy atom. The number of carbonyl (C=O) groups is 1. The molecule has 0 spiro atoms. The molecule has 0 atom stereocenters. The zero-order valence-electron chi connectivity index (χ0n) is 11.9. The summed E-state index contributed by atoms with van der Waals surface area (Å²) in [6, 6.07) is 5.23. The Kier molecular flexibility index (Phi) is 5.11. The topological polar surface area (TPSA) is 66.5 Å². The van der Waals surface area contributed by atoms with E-state index in [0.717, 1.165) is 24.2 Å². The molecule has 0 aliphatic carbocycles. The number of sulfonamides is 1. The lowest BCUT2D eigenvalue weighted by Crippen LogP contribution is -2.24. The van der Waals surface area contributed by atoms with E-state index < -0.39 is 10.0 Å². The van der Waals surface area contributed by atoms with Crippen molar-refractivity contribution in [2.24, 2.45) is 0 Å². The highest BCUT2D eigenvalue weighted by Gasteiger charge is 2.23. The number of rotatable bonds is 6. The van der Waals surface area contributed by atoms with Gasteiger partial charge in [0.2, 0.25) is 15.9 Å². The summed E-state index contributed by atoms with van der Waals surface area (Å²) < 4.78 is 26.2. The van der Waals surface area contributed by atoms with E-state index in [9.17, 15) is 13.2 Å². The molecule has 2 rings (SSSR count).